The van der Waals surface area contributed by atoms with E-state index in [4.69, 9.17) is 29.4 Å². The van der Waals surface area contributed by atoms with E-state index in [-0.39, 0.29) is 35.0 Å². The molecule has 204 valence electrons. The monoisotopic (exact) mass is 528 g/mol. The number of methoxy groups -OCH3 is 1. The summed E-state index contributed by atoms with van der Waals surface area (Å²) in [6.07, 6.45) is 0. The van der Waals surface area contributed by atoms with Crippen LogP contribution in [0.15, 0.2) is 24.3 Å². The zero-order chi connectivity index (χ0) is 26.0. The maximum absolute atomic E-state index is 12.3. The van der Waals surface area contributed by atoms with Gasteiger partial charge in [0.05, 0.1) is 77.1 Å². The van der Waals surface area contributed by atoms with Gasteiger partial charge >= 0.3 is 6.03 Å². The van der Waals surface area contributed by atoms with Gasteiger partial charge in [-0.05, 0) is 17.7 Å². The van der Waals surface area contributed by atoms with E-state index in [1.54, 1.807) is 7.11 Å². The van der Waals surface area contributed by atoms with Crippen LogP contribution in [0.5, 0.6) is 5.75 Å². The van der Waals surface area contributed by atoms with Crippen LogP contribution in [0.25, 0.3) is 0 Å². The lowest BCUT2D eigenvalue weighted by Gasteiger charge is -2.36. The second kappa shape index (κ2) is 18.2. The van der Waals surface area contributed by atoms with Crippen molar-refractivity contribution in [1.29, 1.82) is 0 Å². The molecule has 3 amide bonds. The van der Waals surface area contributed by atoms with Gasteiger partial charge in [0.25, 0.3) is 0 Å². The van der Waals surface area contributed by atoms with Crippen molar-refractivity contribution in [3.05, 3.63) is 29.8 Å². The first-order chi connectivity index (χ1) is 17.5. The van der Waals surface area contributed by atoms with Crippen molar-refractivity contribution < 1.29 is 33.3 Å². The van der Waals surface area contributed by atoms with Gasteiger partial charge in [-0.3, -0.25) is 4.79 Å². The Morgan fingerprint density at radius 1 is 0.972 bits per heavy atom. The second-order valence-corrected chi connectivity index (χ2v) is 9.27. The Morgan fingerprint density at radius 3 is 2.19 bits per heavy atom. The first-order valence-electron chi connectivity index (χ1n) is 12.1. The van der Waals surface area contributed by atoms with Crippen LogP contribution in [0.4, 0.5) is 4.79 Å². The summed E-state index contributed by atoms with van der Waals surface area (Å²) in [7, 11) is 1.61. The van der Waals surface area contributed by atoms with Crippen molar-refractivity contribution in [3.8, 4) is 5.75 Å². The summed E-state index contributed by atoms with van der Waals surface area (Å²) in [5.41, 5.74) is 6.32. The highest BCUT2D eigenvalue weighted by molar-refractivity contribution is 8.00. The highest BCUT2D eigenvalue weighted by Crippen LogP contribution is 2.23. The van der Waals surface area contributed by atoms with Crippen LogP contribution in [0.2, 0.25) is 0 Å². The van der Waals surface area contributed by atoms with Gasteiger partial charge in [-0.15, -0.1) is 11.8 Å². The minimum absolute atomic E-state index is 0.0675. The number of ether oxygens (including phenoxy) is 5. The molecule has 1 aliphatic heterocycles. The molecule has 1 fully saturated rings. The minimum atomic E-state index is -0.262. The van der Waals surface area contributed by atoms with Crippen LogP contribution in [-0.4, -0.2) is 95.6 Å². The number of carbonyl (C=O) groups excluding carboxylic acids is 2. The summed E-state index contributed by atoms with van der Waals surface area (Å²) in [5.74, 6) is 0.993. The third-order valence-corrected chi connectivity index (χ3v) is 6.76. The Hall–Kier alpha value is -2.09. The normalized spacial score (nSPS) is 19.4. The van der Waals surface area contributed by atoms with E-state index in [1.807, 2.05) is 31.2 Å². The molecule has 11 nitrogen and oxygen atoms in total. The van der Waals surface area contributed by atoms with E-state index in [1.165, 1.54) is 11.8 Å². The smallest absolute Gasteiger partial charge is 0.315 e. The number of urea groups is 1. The number of hydrogen-bond acceptors (Lipinski definition) is 9. The molecule has 36 heavy (non-hydrogen) atoms. The lowest BCUT2D eigenvalue weighted by molar-refractivity contribution is -0.118. The summed E-state index contributed by atoms with van der Waals surface area (Å²) in [6, 6.07) is 7.11. The molecular formula is C24H40N4O7S. The second-order valence-electron chi connectivity index (χ2n) is 8.14. The number of benzene rings is 1. The lowest BCUT2D eigenvalue weighted by atomic mass is 10.0. The van der Waals surface area contributed by atoms with Gasteiger partial charge in [-0.25, -0.2) is 4.79 Å². The Kier molecular flexibility index (Phi) is 15.2. The third-order valence-electron chi connectivity index (χ3n) is 5.42. The quantitative estimate of drug-likeness (QED) is 0.191. The number of hydrogen-bond donors (Lipinski definition) is 4. The molecule has 1 heterocycles. The largest absolute Gasteiger partial charge is 0.497 e. The number of rotatable bonds is 19. The van der Waals surface area contributed by atoms with Crippen LogP contribution in [-0.2, 0) is 30.3 Å². The van der Waals surface area contributed by atoms with Crippen molar-refractivity contribution in [1.82, 2.24) is 16.0 Å². The van der Waals surface area contributed by atoms with Gasteiger partial charge in [0.1, 0.15) is 5.75 Å². The Bertz CT molecular complexity index is 756. The molecule has 12 heteroatoms. The fourth-order valence-electron chi connectivity index (χ4n) is 3.31. The fraction of sp³-hybridized carbons (Fsp3) is 0.667. The first kappa shape index (κ1) is 30.1. The maximum atomic E-state index is 12.3. The summed E-state index contributed by atoms with van der Waals surface area (Å²) in [6.45, 7) is 6.71. The van der Waals surface area contributed by atoms with Gasteiger partial charge < -0.3 is 45.4 Å². The highest BCUT2D eigenvalue weighted by Gasteiger charge is 2.34. The first-order valence-corrected chi connectivity index (χ1v) is 13.2. The molecule has 0 aromatic heterocycles. The van der Waals surface area contributed by atoms with Gasteiger partial charge in [0.15, 0.2) is 0 Å². The van der Waals surface area contributed by atoms with Crippen LogP contribution in [0.3, 0.4) is 0 Å². The zero-order valence-corrected chi connectivity index (χ0v) is 22.0. The van der Waals surface area contributed by atoms with Crippen LogP contribution < -0.4 is 26.4 Å². The number of thioether (sulfide) groups is 1. The summed E-state index contributed by atoms with van der Waals surface area (Å²) in [5, 5.41) is 8.50. The zero-order valence-electron chi connectivity index (χ0n) is 21.2. The SMILES string of the molecule is COc1ccc(CNC(=O)CSC2NC(=O)NC(COCCOCCOCCOCCN)C2C)cc1. The van der Waals surface area contributed by atoms with Gasteiger partial charge in [-0.2, -0.15) is 0 Å². The number of amides is 3. The molecule has 0 saturated carbocycles. The van der Waals surface area contributed by atoms with Crippen LogP contribution in [0.1, 0.15) is 12.5 Å². The molecule has 0 bridgehead atoms. The van der Waals surface area contributed by atoms with Crippen molar-refractivity contribution in [2.24, 2.45) is 11.7 Å². The van der Waals surface area contributed by atoms with E-state index in [9.17, 15) is 9.59 Å². The Balaban J connectivity index is 1.56. The molecule has 0 spiro atoms. The highest BCUT2D eigenvalue weighted by atomic mass is 32.2. The molecule has 3 unspecified atom stereocenters. The summed E-state index contributed by atoms with van der Waals surface area (Å²) in [4.78, 5) is 24.4. The standard InChI is InChI=1S/C24H40N4O7S/c1-18-21(16-35-14-13-34-12-11-33-10-9-32-8-7-25)27-24(30)28-23(18)36-17-22(29)26-15-19-3-5-20(31-2)6-4-19/h3-6,18,21,23H,7-17,25H2,1-2H3,(H,26,29)(H2,27,28,30). The summed E-state index contributed by atoms with van der Waals surface area (Å²) < 4.78 is 26.9. The number of nitrogens with one attached hydrogen (secondary N) is 3. The molecule has 3 atom stereocenters. The molecule has 1 aromatic rings. The van der Waals surface area contributed by atoms with Gasteiger partial charge in [0, 0.05) is 19.0 Å². The average molecular weight is 529 g/mol. The van der Waals surface area contributed by atoms with Crippen LogP contribution in [0, 0.1) is 5.92 Å². The molecule has 1 aliphatic rings. The van der Waals surface area contributed by atoms with E-state index in [0.29, 0.717) is 65.9 Å². The number of nitrogens with two attached hydrogens (primary N) is 1. The van der Waals surface area contributed by atoms with E-state index in [0.717, 1.165) is 11.3 Å². The summed E-state index contributed by atoms with van der Waals surface area (Å²) >= 11 is 1.41. The van der Waals surface area contributed by atoms with Gasteiger partial charge in [-0.1, -0.05) is 19.1 Å². The van der Waals surface area contributed by atoms with E-state index >= 15 is 0 Å². The molecule has 5 N–H and O–H groups in total. The maximum Gasteiger partial charge on any atom is 0.315 e. The Morgan fingerprint density at radius 2 is 1.58 bits per heavy atom. The van der Waals surface area contributed by atoms with E-state index < -0.39 is 0 Å². The van der Waals surface area contributed by atoms with Crippen LogP contribution >= 0.6 is 11.8 Å². The molecule has 0 aliphatic carbocycles. The van der Waals surface area contributed by atoms with Crippen molar-refractivity contribution in [2.75, 3.05) is 72.3 Å². The van der Waals surface area contributed by atoms with E-state index in [2.05, 4.69) is 16.0 Å². The molecule has 1 saturated heterocycles. The molecular weight excluding hydrogens is 488 g/mol. The molecule has 2 rings (SSSR count). The Labute approximate surface area is 217 Å². The fourth-order valence-corrected chi connectivity index (χ4v) is 4.43. The number of carbonyl (C=O) groups is 2. The lowest BCUT2D eigenvalue weighted by Crippen LogP contribution is -2.60. The van der Waals surface area contributed by atoms with Crippen molar-refractivity contribution >= 4 is 23.7 Å². The average Bonchev–Trinajstić information content (AvgIpc) is 2.89. The minimum Gasteiger partial charge on any atom is -0.497 e. The predicted molar refractivity (Wildman–Crippen MR) is 138 cm³/mol. The van der Waals surface area contributed by atoms with Crippen molar-refractivity contribution in [2.45, 2.75) is 24.9 Å². The van der Waals surface area contributed by atoms with Crippen molar-refractivity contribution in [3.63, 3.8) is 0 Å². The molecule has 0 radical (unpaired) electrons. The topological polar surface area (TPSA) is 142 Å². The molecule has 1 aromatic carbocycles. The predicted octanol–water partition coefficient (Wildman–Crippen LogP) is 0.713. The third kappa shape index (κ3) is 12.2. The van der Waals surface area contributed by atoms with Gasteiger partial charge in [0.2, 0.25) is 5.91 Å².